The van der Waals surface area contributed by atoms with Crippen LogP contribution in [0.4, 0.5) is 0 Å². The molecule has 122 valence electrons. The summed E-state index contributed by atoms with van der Waals surface area (Å²) in [6.07, 6.45) is 1.81. The van der Waals surface area contributed by atoms with E-state index in [1.54, 1.807) is 6.21 Å². The smallest absolute Gasteiger partial charge is 0.187 e. The van der Waals surface area contributed by atoms with Gasteiger partial charge in [-0.3, -0.25) is 5.43 Å². The molecule has 2 rings (SSSR count). The Kier molecular flexibility index (Phi) is 5.55. The number of hydrazone groups is 1. The maximum atomic E-state index is 5.16. The van der Waals surface area contributed by atoms with Crippen LogP contribution in [0.3, 0.4) is 0 Å². The van der Waals surface area contributed by atoms with Gasteiger partial charge in [-0.15, -0.1) is 0 Å². The molecule has 23 heavy (non-hydrogen) atoms. The fraction of sp³-hybridized carbons (Fsp3) is 0.333. The van der Waals surface area contributed by atoms with Crippen molar-refractivity contribution in [3.05, 3.63) is 52.8 Å². The molecule has 2 N–H and O–H groups in total. The monoisotopic (exact) mass is 328 g/mol. The van der Waals surface area contributed by atoms with Crippen molar-refractivity contribution in [3.63, 3.8) is 0 Å². The summed E-state index contributed by atoms with van der Waals surface area (Å²) >= 11 is 5.16. The summed E-state index contributed by atoms with van der Waals surface area (Å²) in [6.45, 7) is 10.4. The van der Waals surface area contributed by atoms with Crippen molar-refractivity contribution < 1.29 is 0 Å². The summed E-state index contributed by atoms with van der Waals surface area (Å²) in [5.41, 5.74) is 8.67. The fourth-order valence-corrected chi connectivity index (χ4v) is 2.75. The lowest BCUT2D eigenvalue weighted by molar-refractivity contribution is 0.720. The SMILES string of the molecule is Cc1ccc(-n2c(C)cc(/C=N\NC(=S)NC(C)C)c2C)cc1. The third kappa shape index (κ3) is 4.42. The third-order valence-electron chi connectivity index (χ3n) is 3.55. The lowest BCUT2D eigenvalue weighted by atomic mass is 10.2. The van der Waals surface area contributed by atoms with Gasteiger partial charge in [0.2, 0.25) is 0 Å². The van der Waals surface area contributed by atoms with Crippen LogP contribution >= 0.6 is 12.2 Å². The molecule has 4 nitrogen and oxygen atoms in total. The number of nitrogens with zero attached hydrogens (tertiary/aromatic N) is 2. The summed E-state index contributed by atoms with van der Waals surface area (Å²) < 4.78 is 2.23. The summed E-state index contributed by atoms with van der Waals surface area (Å²) in [5.74, 6) is 0. The number of rotatable bonds is 4. The highest BCUT2D eigenvalue weighted by Crippen LogP contribution is 2.20. The first-order chi connectivity index (χ1) is 10.9. The number of aryl methyl sites for hydroxylation is 2. The minimum atomic E-state index is 0.289. The van der Waals surface area contributed by atoms with E-state index in [9.17, 15) is 0 Å². The molecule has 0 aliphatic rings. The molecule has 0 aliphatic heterocycles. The van der Waals surface area contributed by atoms with Crippen molar-refractivity contribution in [1.29, 1.82) is 0 Å². The predicted molar refractivity (Wildman–Crippen MR) is 102 cm³/mol. The maximum Gasteiger partial charge on any atom is 0.187 e. The highest BCUT2D eigenvalue weighted by atomic mass is 32.1. The molecule has 0 spiro atoms. The molecule has 0 amide bonds. The van der Waals surface area contributed by atoms with Crippen LogP contribution in [-0.4, -0.2) is 21.9 Å². The lowest BCUT2D eigenvalue weighted by Crippen LogP contribution is -2.36. The number of benzene rings is 1. The van der Waals surface area contributed by atoms with E-state index in [2.05, 4.69) is 71.5 Å². The highest BCUT2D eigenvalue weighted by molar-refractivity contribution is 7.80. The molecule has 0 radical (unpaired) electrons. The second-order valence-corrected chi connectivity index (χ2v) is 6.40. The topological polar surface area (TPSA) is 41.4 Å². The van der Waals surface area contributed by atoms with Gasteiger partial charge in [-0.05, 0) is 65.0 Å². The first-order valence-electron chi connectivity index (χ1n) is 7.74. The standard InChI is InChI=1S/C18H24N4S/c1-12(2)20-18(23)21-19-11-16-10-14(4)22(15(16)5)17-8-6-13(3)7-9-17/h6-12H,1-5H3,(H2,20,21,23)/b19-11-. The van der Waals surface area contributed by atoms with Crippen molar-refractivity contribution in [2.24, 2.45) is 5.10 Å². The van der Waals surface area contributed by atoms with Crippen LogP contribution in [0.15, 0.2) is 35.4 Å². The summed E-state index contributed by atoms with van der Waals surface area (Å²) in [5, 5.41) is 7.85. The van der Waals surface area contributed by atoms with E-state index in [1.165, 1.54) is 11.3 Å². The van der Waals surface area contributed by atoms with Gasteiger partial charge in [0, 0.05) is 28.7 Å². The van der Waals surface area contributed by atoms with Crippen LogP contribution in [0, 0.1) is 20.8 Å². The highest BCUT2D eigenvalue weighted by Gasteiger charge is 2.09. The molecule has 0 aliphatic carbocycles. The van der Waals surface area contributed by atoms with Crippen molar-refractivity contribution in [2.75, 3.05) is 0 Å². The minimum absolute atomic E-state index is 0.289. The van der Waals surface area contributed by atoms with Crippen LogP contribution in [-0.2, 0) is 0 Å². The zero-order valence-electron chi connectivity index (χ0n) is 14.3. The molecular formula is C18H24N4S. The van der Waals surface area contributed by atoms with Crippen molar-refractivity contribution in [3.8, 4) is 5.69 Å². The molecule has 1 heterocycles. The molecule has 0 fully saturated rings. The van der Waals surface area contributed by atoms with Crippen LogP contribution < -0.4 is 10.7 Å². The van der Waals surface area contributed by atoms with E-state index in [0.717, 1.165) is 16.9 Å². The first kappa shape index (κ1) is 17.2. The van der Waals surface area contributed by atoms with Gasteiger partial charge in [0.1, 0.15) is 0 Å². The summed E-state index contributed by atoms with van der Waals surface area (Å²) in [7, 11) is 0. The second-order valence-electron chi connectivity index (χ2n) is 6.00. The molecule has 5 heteroatoms. The average Bonchev–Trinajstić information content (AvgIpc) is 2.74. The molecule has 0 saturated carbocycles. The predicted octanol–water partition coefficient (Wildman–Crippen LogP) is 3.61. The van der Waals surface area contributed by atoms with Gasteiger partial charge in [0.15, 0.2) is 5.11 Å². The minimum Gasteiger partial charge on any atom is -0.359 e. The van der Waals surface area contributed by atoms with Crippen molar-refractivity contribution in [1.82, 2.24) is 15.3 Å². The number of hydrogen-bond donors (Lipinski definition) is 2. The molecule has 0 bridgehead atoms. The van der Waals surface area contributed by atoms with Gasteiger partial charge in [-0.1, -0.05) is 17.7 Å². The third-order valence-corrected chi connectivity index (χ3v) is 3.76. The van der Waals surface area contributed by atoms with Gasteiger partial charge in [-0.25, -0.2) is 0 Å². The van der Waals surface area contributed by atoms with Crippen LogP contribution in [0.1, 0.15) is 36.4 Å². The van der Waals surface area contributed by atoms with Crippen LogP contribution in [0.5, 0.6) is 0 Å². The quantitative estimate of drug-likeness (QED) is 0.512. The average molecular weight is 328 g/mol. The normalized spacial score (nSPS) is 11.2. The van der Waals surface area contributed by atoms with E-state index in [-0.39, 0.29) is 6.04 Å². The van der Waals surface area contributed by atoms with E-state index in [0.29, 0.717) is 5.11 Å². The molecule has 1 aromatic carbocycles. The van der Waals surface area contributed by atoms with Gasteiger partial charge in [0.05, 0.1) is 6.21 Å². The molecule has 0 atom stereocenters. The molecule has 1 aromatic heterocycles. The molecular weight excluding hydrogens is 304 g/mol. The van der Waals surface area contributed by atoms with Gasteiger partial charge >= 0.3 is 0 Å². The Bertz CT molecular complexity index is 711. The largest absolute Gasteiger partial charge is 0.359 e. The van der Waals surface area contributed by atoms with Gasteiger partial charge in [0.25, 0.3) is 0 Å². The van der Waals surface area contributed by atoms with E-state index >= 15 is 0 Å². The van der Waals surface area contributed by atoms with Crippen LogP contribution in [0.25, 0.3) is 5.69 Å². The Labute approximate surface area is 143 Å². The Morgan fingerprint density at radius 3 is 2.43 bits per heavy atom. The molecule has 2 aromatic rings. The van der Waals surface area contributed by atoms with Gasteiger partial charge in [-0.2, -0.15) is 5.10 Å². The molecule has 0 unspecified atom stereocenters. The van der Waals surface area contributed by atoms with Gasteiger partial charge < -0.3 is 9.88 Å². The first-order valence-corrected chi connectivity index (χ1v) is 8.15. The van der Waals surface area contributed by atoms with E-state index in [4.69, 9.17) is 12.2 Å². The summed E-state index contributed by atoms with van der Waals surface area (Å²) in [6, 6.07) is 10.9. The Morgan fingerprint density at radius 1 is 1.17 bits per heavy atom. The number of aromatic nitrogens is 1. The Morgan fingerprint density at radius 2 is 1.83 bits per heavy atom. The summed E-state index contributed by atoms with van der Waals surface area (Å²) in [4.78, 5) is 0. The number of nitrogens with one attached hydrogen (secondary N) is 2. The molecule has 0 saturated heterocycles. The lowest BCUT2D eigenvalue weighted by Gasteiger charge is -2.10. The zero-order chi connectivity index (χ0) is 17.0. The zero-order valence-corrected chi connectivity index (χ0v) is 15.2. The maximum absolute atomic E-state index is 5.16. The number of hydrogen-bond acceptors (Lipinski definition) is 2. The van der Waals surface area contributed by atoms with E-state index in [1.807, 2.05) is 13.8 Å². The van der Waals surface area contributed by atoms with Crippen molar-refractivity contribution in [2.45, 2.75) is 40.7 Å². The van der Waals surface area contributed by atoms with E-state index < -0.39 is 0 Å². The second kappa shape index (κ2) is 7.42. The Hall–Kier alpha value is -2.14. The van der Waals surface area contributed by atoms with Crippen LogP contribution in [0.2, 0.25) is 0 Å². The fourth-order valence-electron chi connectivity index (χ4n) is 2.46. The number of thiocarbonyl (C=S) groups is 1. The van der Waals surface area contributed by atoms with Crippen molar-refractivity contribution >= 4 is 23.5 Å². The Balaban J connectivity index is 2.17.